The van der Waals surface area contributed by atoms with Gasteiger partial charge in [0, 0.05) is 24.4 Å². The van der Waals surface area contributed by atoms with E-state index in [2.05, 4.69) is 20.7 Å². The van der Waals surface area contributed by atoms with E-state index in [0.29, 0.717) is 24.4 Å². The van der Waals surface area contributed by atoms with E-state index in [1.165, 1.54) is 0 Å². The number of carbonyl (C=O) groups is 2. The van der Waals surface area contributed by atoms with Crippen molar-refractivity contribution < 1.29 is 19.2 Å². The average molecular weight is 492 g/mol. The van der Waals surface area contributed by atoms with E-state index >= 15 is 0 Å². The van der Waals surface area contributed by atoms with Crippen LogP contribution in [0, 0.1) is 19.8 Å². The van der Waals surface area contributed by atoms with Gasteiger partial charge in [-0.05, 0) is 49.8 Å². The number of aryl methyl sites for hydroxylation is 2. The van der Waals surface area contributed by atoms with Gasteiger partial charge in [-0.3, -0.25) is 9.59 Å². The molecule has 9 nitrogen and oxygen atoms in total. The zero-order valence-electron chi connectivity index (χ0n) is 21.1. The van der Waals surface area contributed by atoms with Gasteiger partial charge >= 0.3 is 0 Å². The van der Waals surface area contributed by atoms with Crippen LogP contribution in [0.15, 0.2) is 47.1 Å². The van der Waals surface area contributed by atoms with E-state index in [4.69, 9.17) is 4.52 Å². The SMILES string of the molecule is Cc1cc([C@H](C(=O)N2CCC[C@H]2C(=O)N[C@@H](CO)c2ccc(-c3nnccc3C)cc2)C(C)C)on1. The molecule has 4 rings (SSSR count). The number of likely N-dealkylation sites (tertiary alicyclic amines) is 1. The number of nitrogens with zero attached hydrogens (tertiary/aromatic N) is 4. The Hall–Kier alpha value is -3.59. The molecular weight excluding hydrogens is 458 g/mol. The minimum absolute atomic E-state index is 0.0178. The highest BCUT2D eigenvalue weighted by atomic mass is 16.5. The molecular formula is C27H33N5O4. The summed E-state index contributed by atoms with van der Waals surface area (Å²) >= 11 is 0. The summed E-state index contributed by atoms with van der Waals surface area (Å²) in [4.78, 5) is 28.5. The van der Waals surface area contributed by atoms with Gasteiger partial charge in [0.15, 0.2) is 0 Å². The second-order valence-corrected chi connectivity index (χ2v) is 9.71. The van der Waals surface area contributed by atoms with Gasteiger partial charge in [-0.2, -0.15) is 10.2 Å². The highest BCUT2D eigenvalue weighted by Gasteiger charge is 2.40. The molecule has 3 heterocycles. The molecule has 1 aliphatic rings. The first-order valence-corrected chi connectivity index (χ1v) is 12.3. The summed E-state index contributed by atoms with van der Waals surface area (Å²) < 4.78 is 5.41. The van der Waals surface area contributed by atoms with Crippen molar-refractivity contribution in [3.63, 3.8) is 0 Å². The van der Waals surface area contributed by atoms with E-state index < -0.39 is 18.0 Å². The number of rotatable bonds is 8. The Labute approximate surface area is 210 Å². The smallest absolute Gasteiger partial charge is 0.243 e. The Balaban J connectivity index is 1.48. The maximum atomic E-state index is 13.5. The van der Waals surface area contributed by atoms with Crippen LogP contribution in [-0.4, -0.2) is 56.4 Å². The summed E-state index contributed by atoms with van der Waals surface area (Å²) in [5, 5.41) is 25.1. The van der Waals surface area contributed by atoms with Crippen LogP contribution in [0.3, 0.4) is 0 Å². The number of carbonyl (C=O) groups excluding carboxylic acids is 2. The maximum Gasteiger partial charge on any atom is 0.243 e. The van der Waals surface area contributed by atoms with Gasteiger partial charge in [0.1, 0.15) is 17.7 Å². The molecule has 190 valence electrons. The van der Waals surface area contributed by atoms with Crippen LogP contribution < -0.4 is 5.32 Å². The van der Waals surface area contributed by atoms with Crippen LogP contribution in [0.25, 0.3) is 11.3 Å². The van der Waals surface area contributed by atoms with Crippen molar-refractivity contribution in [2.75, 3.05) is 13.2 Å². The van der Waals surface area contributed by atoms with Crippen molar-refractivity contribution in [1.82, 2.24) is 25.6 Å². The van der Waals surface area contributed by atoms with E-state index in [0.717, 1.165) is 28.8 Å². The van der Waals surface area contributed by atoms with Crippen LogP contribution in [0.5, 0.6) is 0 Å². The Morgan fingerprint density at radius 2 is 1.94 bits per heavy atom. The number of aliphatic hydroxyl groups is 1. The number of benzene rings is 1. The van der Waals surface area contributed by atoms with Crippen molar-refractivity contribution in [2.24, 2.45) is 5.92 Å². The zero-order chi connectivity index (χ0) is 25.8. The average Bonchev–Trinajstić information content (AvgIpc) is 3.52. The predicted molar refractivity (Wildman–Crippen MR) is 134 cm³/mol. The summed E-state index contributed by atoms with van der Waals surface area (Å²) in [6.45, 7) is 7.94. The fraction of sp³-hybridized carbons (Fsp3) is 0.444. The molecule has 2 amide bonds. The maximum absolute atomic E-state index is 13.5. The fourth-order valence-electron chi connectivity index (χ4n) is 4.80. The number of hydrogen-bond donors (Lipinski definition) is 2. The number of aliphatic hydroxyl groups excluding tert-OH is 1. The largest absolute Gasteiger partial charge is 0.394 e. The lowest BCUT2D eigenvalue weighted by atomic mass is 9.91. The minimum atomic E-state index is -0.599. The summed E-state index contributed by atoms with van der Waals surface area (Å²) in [7, 11) is 0. The molecule has 0 radical (unpaired) electrons. The molecule has 0 spiro atoms. The van der Waals surface area contributed by atoms with E-state index in [9.17, 15) is 14.7 Å². The molecule has 3 aromatic rings. The van der Waals surface area contributed by atoms with Crippen molar-refractivity contribution >= 4 is 11.8 Å². The second kappa shape index (κ2) is 11.0. The summed E-state index contributed by atoms with van der Waals surface area (Å²) in [5.41, 5.74) is 4.18. The molecule has 1 fully saturated rings. The Morgan fingerprint density at radius 1 is 1.19 bits per heavy atom. The van der Waals surface area contributed by atoms with Gasteiger partial charge < -0.3 is 19.8 Å². The van der Waals surface area contributed by atoms with Crippen LogP contribution in [0.2, 0.25) is 0 Å². The third kappa shape index (κ3) is 5.31. The standard InChI is InChI=1S/C27H33N5O4/c1-16(2)24(23-14-18(4)31-36-23)27(35)32-13-5-6-22(32)26(34)29-21(15-33)19-7-9-20(10-8-19)25-17(3)11-12-28-30-25/h7-12,14,16,21-22,24,33H,5-6,13,15H2,1-4H3,(H,29,34)/t21-,22-,24+/m0/s1. The van der Waals surface area contributed by atoms with Crippen molar-refractivity contribution in [1.29, 1.82) is 0 Å². The quantitative estimate of drug-likeness (QED) is 0.496. The first-order valence-electron chi connectivity index (χ1n) is 12.3. The molecule has 3 atom stereocenters. The number of aromatic nitrogens is 3. The second-order valence-electron chi connectivity index (χ2n) is 9.71. The van der Waals surface area contributed by atoms with Crippen LogP contribution in [0.4, 0.5) is 0 Å². The van der Waals surface area contributed by atoms with Gasteiger partial charge in [0.25, 0.3) is 0 Å². The summed E-state index contributed by atoms with van der Waals surface area (Å²) in [6, 6.07) is 10.0. The molecule has 1 aliphatic heterocycles. The van der Waals surface area contributed by atoms with Gasteiger partial charge in [-0.15, -0.1) is 0 Å². The topological polar surface area (TPSA) is 121 Å². The molecule has 2 N–H and O–H groups in total. The first kappa shape index (κ1) is 25.5. The highest BCUT2D eigenvalue weighted by Crippen LogP contribution is 2.31. The summed E-state index contributed by atoms with van der Waals surface area (Å²) in [6.07, 6.45) is 2.96. The molecule has 1 saturated heterocycles. The molecule has 2 aromatic heterocycles. The van der Waals surface area contributed by atoms with Crippen LogP contribution in [-0.2, 0) is 9.59 Å². The fourth-order valence-corrected chi connectivity index (χ4v) is 4.80. The van der Waals surface area contributed by atoms with E-state index in [-0.39, 0.29) is 24.3 Å². The van der Waals surface area contributed by atoms with E-state index in [1.807, 2.05) is 58.0 Å². The molecule has 1 aromatic carbocycles. The molecule has 36 heavy (non-hydrogen) atoms. The van der Waals surface area contributed by atoms with Crippen molar-refractivity contribution in [3.05, 3.63) is 65.2 Å². The lowest BCUT2D eigenvalue weighted by molar-refractivity contribution is -0.141. The normalized spacial score (nSPS) is 17.3. The number of hydrogen-bond acceptors (Lipinski definition) is 7. The number of nitrogens with one attached hydrogen (secondary N) is 1. The Kier molecular flexibility index (Phi) is 7.79. The molecule has 0 bridgehead atoms. The highest BCUT2D eigenvalue weighted by molar-refractivity contribution is 5.91. The first-order chi connectivity index (χ1) is 17.3. The Bertz CT molecular complexity index is 1210. The monoisotopic (exact) mass is 491 g/mol. The third-order valence-electron chi connectivity index (χ3n) is 6.73. The Morgan fingerprint density at radius 3 is 2.56 bits per heavy atom. The third-order valence-corrected chi connectivity index (χ3v) is 6.73. The predicted octanol–water partition coefficient (Wildman–Crippen LogP) is 3.33. The van der Waals surface area contributed by atoms with Gasteiger partial charge in [0.05, 0.1) is 24.0 Å². The van der Waals surface area contributed by atoms with E-state index in [1.54, 1.807) is 17.2 Å². The van der Waals surface area contributed by atoms with Crippen molar-refractivity contribution in [3.8, 4) is 11.3 Å². The van der Waals surface area contributed by atoms with Gasteiger partial charge in [-0.25, -0.2) is 0 Å². The van der Waals surface area contributed by atoms with Gasteiger partial charge in [-0.1, -0.05) is 43.3 Å². The lowest BCUT2D eigenvalue weighted by Gasteiger charge is -2.30. The van der Waals surface area contributed by atoms with Crippen LogP contribution in [0.1, 0.15) is 61.2 Å². The van der Waals surface area contributed by atoms with Crippen LogP contribution >= 0.6 is 0 Å². The zero-order valence-corrected chi connectivity index (χ0v) is 21.1. The molecule has 9 heteroatoms. The molecule has 0 unspecified atom stereocenters. The number of amides is 2. The summed E-state index contributed by atoms with van der Waals surface area (Å²) in [5.74, 6) is -0.417. The van der Waals surface area contributed by atoms with Gasteiger partial charge in [0.2, 0.25) is 11.8 Å². The molecule has 0 aliphatic carbocycles. The minimum Gasteiger partial charge on any atom is -0.394 e. The lowest BCUT2D eigenvalue weighted by Crippen LogP contribution is -2.49. The molecule has 0 saturated carbocycles. The van der Waals surface area contributed by atoms with Crippen molar-refractivity contribution in [2.45, 2.75) is 58.5 Å².